The Bertz CT molecular complexity index is 1110. The normalized spacial score (nSPS) is 25.9. The Morgan fingerprint density at radius 3 is 2.05 bits per heavy atom. The van der Waals surface area contributed by atoms with Crippen LogP contribution in [0, 0.1) is 18.4 Å². The van der Waals surface area contributed by atoms with E-state index in [2.05, 4.69) is 4.85 Å². The highest BCUT2D eigenvalue weighted by molar-refractivity contribution is 8.24. The number of esters is 2. The summed E-state index contributed by atoms with van der Waals surface area (Å²) >= 11 is 2.55. The molecule has 0 N–H and O–H groups in total. The highest BCUT2D eigenvalue weighted by atomic mass is 32.2. The quantitative estimate of drug-likeness (QED) is 0.140. The zero-order valence-corrected chi connectivity index (χ0v) is 24.7. The molecule has 2 saturated carbocycles. The summed E-state index contributed by atoms with van der Waals surface area (Å²) in [6.45, 7) is 11.7. The summed E-state index contributed by atoms with van der Waals surface area (Å²) in [5.41, 5.74) is -0.0751. The Morgan fingerprint density at radius 1 is 0.923 bits per heavy atom. The third-order valence-electron chi connectivity index (χ3n) is 7.42. The third-order valence-corrected chi connectivity index (χ3v) is 10.0. The molecule has 0 radical (unpaired) electrons. The number of hydrogen-bond acceptors (Lipinski definition) is 9. The lowest BCUT2D eigenvalue weighted by molar-refractivity contribution is -0.142. The molecule has 2 fully saturated rings. The van der Waals surface area contributed by atoms with Gasteiger partial charge in [-0.1, -0.05) is 23.5 Å². The van der Waals surface area contributed by atoms with Gasteiger partial charge in [-0.25, -0.2) is 4.85 Å². The van der Waals surface area contributed by atoms with Gasteiger partial charge in [-0.15, -0.1) is 0 Å². The predicted molar refractivity (Wildman–Crippen MR) is 150 cm³/mol. The summed E-state index contributed by atoms with van der Waals surface area (Å²) in [6.07, 6.45) is 7.40. The van der Waals surface area contributed by atoms with E-state index in [1.807, 2.05) is 6.07 Å². The number of hydrogen-bond donors (Lipinski definition) is 0. The maximum atomic E-state index is 13.1. The molecule has 2 aliphatic carbocycles. The van der Waals surface area contributed by atoms with E-state index in [-0.39, 0.29) is 29.8 Å². The van der Waals surface area contributed by atoms with Crippen LogP contribution in [-0.2, 0) is 23.8 Å². The first-order chi connectivity index (χ1) is 18.8. The summed E-state index contributed by atoms with van der Waals surface area (Å²) in [4.78, 5) is 30.7. The predicted octanol–water partition coefficient (Wildman–Crippen LogP) is 6.62. The smallest absolute Gasteiger partial charge is 0.338 e. The minimum absolute atomic E-state index is 0.0751. The van der Waals surface area contributed by atoms with Gasteiger partial charge in [0, 0.05) is 14.2 Å². The van der Waals surface area contributed by atoms with E-state index in [1.54, 1.807) is 34.1 Å². The molecule has 1 aromatic rings. The Kier molecular flexibility index (Phi) is 10.6. The lowest BCUT2D eigenvalue weighted by atomic mass is 9.87. The summed E-state index contributed by atoms with van der Waals surface area (Å²) < 4.78 is 29.0. The minimum Gasteiger partial charge on any atom is -0.492 e. The summed E-state index contributed by atoms with van der Waals surface area (Å²) in [7, 11) is 3.47. The fourth-order valence-electron chi connectivity index (χ4n) is 5.13. The van der Waals surface area contributed by atoms with Crippen molar-refractivity contribution in [3.63, 3.8) is 0 Å². The number of benzene rings is 1. The van der Waals surface area contributed by atoms with Crippen LogP contribution in [0.5, 0.6) is 11.5 Å². The van der Waals surface area contributed by atoms with Gasteiger partial charge in [0.1, 0.15) is 11.5 Å². The molecule has 0 aromatic heterocycles. The Balaban J connectivity index is 1.55. The molecule has 1 heterocycles. The van der Waals surface area contributed by atoms with E-state index in [1.165, 1.54) is 23.5 Å². The van der Waals surface area contributed by atoms with Crippen LogP contribution in [0.25, 0.3) is 4.85 Å². The van der Waals surface area contributed by atoms with Crippen molar-refractivity contribution in [1.29, 1.82) is 0 Å². The summed E-state index contributed by atoms with van der Waals surface area (Å²) in [5, 5.41) is 0. The zero-order chi connectivity index (χ0) is 27.9. The van der Waals surface area contributed by atoms with Crippen LogP contribution < -0.4 is 9.47 Å². The van der Waals surface area contributed by atoms with Crippen LogP contribution in [0.3, 0.4) is 0 Å². The molecule has 0 amide bonds. The number of nitrogens with zero attached hydrogens (tertiary/aromatic N) is 1. The monoisotopic (exact) mass is 575 g/mol. The number of thioether (sulfide) groups is 2. The highest BCUT2D eigenvalue weighted by Crippen LogP contribution is 2.59. The van der Waals surface area contributed by atoms with E-state index >= 15 is 0 Å². The Morgan fingerprint density at radius 2 is 1.49 bits per heavy atom. The topological polar surface area (TPSA) is 84.7 Å². The number of rotatable bonds is 9. The molecule has 212 valence electrons. The second-order valence-electron chi connectivity index (χ2n) is 10.4. The van der Waals surface area contributed by atoms with Crippen LogP contribution in [0.4, 0.5) is 0 Å². The molecular weight excluding hydrogens is 538 g/mol. The first-order valence-corrected chi connectivity index (χ1v) is 15.2. The van der Waals surface area contributed by atoms with Gasteiger partial charge < -0.3 is 23.7 Å². The first-order valence-electron chi connectivity index (χ1n) is 13.6. The second kappa shape index (κ2) is 13.9. The van der Waals surface area contributed by atoms with Crippen molar-refractivity contribution in [3.05, 3.63) is 33.5 Å². The van der Waals surface area contributed by atoms with E-state index < -0.39 is 5.97 Å². The van der Waals surface area contributed by atoms with Crippen LogP contribution in [0.1, 0.15) is 65.2 Å². The number of ether oxygens (including phenoxy) is 5. The van der Waals surface area contributed by atoms with Gasteiger partial charge in [-0.05, 0) is 83.3 Å². The highest BCUT2D eigenvalue weighted by Gasteiger charge is 2.34. The molecule has 8 nitrogen and oxygen atoms in total. The molecule has 0 bridgehead atoms. The van der Waals surface area contributed by atoms with Gasteiger partial charge in [-0.2, -0.15) is 0 Å². The van der Waals surface area contributed by atoms with Crippen molar-refractivity contribution in [2.45, 2.75) is 93.3 Å². The number of methoxy groups -OCH3 is 2. The van der Waals surface area contributed by atoms with Gasteiger partial charge in [0.25, 0.3) is 5.70 Å². The van der Waals surface area contributed by atoms with Crippen molar-refractivity contribution in [2.75, 3.05) is 20.8 Å². The van der Waals surface area contributed by atoms with E-state index in [0.717, 1.165) is 56.3 Å². The van der Waals surface area contributed by atoms with Gasteiger partial charge in [0.05, 0.1) is 51.4 Å². The Labute approximate surface area is 239 Å². The van der Waals surface area contributed by atoms with Gasteiger partial charge in [-0.3, -0.25) is 9.59 Å². The van der Waals surface area contributed by atoms with Crippen molar-refractivity contribution >= 4 is 35.5 Å². The van der Waals surface area contributed by atoms with Crippen LogP contribution in [0.15, 0.2) is 31.9 Å². The molecule has 1 aromatic carbocycles. The fraction of sp³-hybridized carbons (Fsp3) is 0.621. The largest absolute Gasteiger partial charge is 0.492 e. The molecular formula is C29H37NO7S2. The molecule has 1 aliphatic heterocycles. The van der Waals surface area contributed by atoms with Crippen LogP contribution in [-0.4, -0.2) is 51.1 Å². The maximum Gasteiger partial charge on any atom is 0.338 e. The van der Waals surface area contributed by atoms with Crippen LogP contribution >= 0.6 is 23.5 Å². The van der Waals surface area contributed by atoms with Crippen molar-refractivity contribution in [1.82, 2.24) is 0 Å². The van der Waals surface area contributed by atoms with Crippen molar-refractivity contribution < 1.29 is 33.3 Å². The summed E-state index contributed by atoms with van der Waals surface area (Å²) in [6, 6.07) is 3.58. The molecule has 3 aliphatic rings. The molecule has 0 spiro atoms. The number of carbonyl (C=O) groups excluding carboxylic acids is 2. The Hall–Kier alpha value is -2.19. The van der Waals surface area contributed by atoms with Gasteiger partial charge in [0.15, 0.2) is 0 Å². The fourth-order valence-corrected chi connectivity index (χ4v) is 7.69. The van der Waals surface area contributed by atoms with E-state index in [9.17, 15) is 9.59 Å². The minimum atomic E-state index is -0.659. The van der Waals surface area contributed by atoms with Crippen LogP contribution in [0.2, 0.25) is 0 Å². The summed E-state index contributed by atoms with van der Waals surface area (Å²) in [5.74, 6) is 0.413. The SMILES string of the molecule is [C-]#[N+]C(C(=O)OC(C)C)=C1Sc2c(OCC3CCC(OC)CC3)ccc(OC(=O)C3CCC(OC)CC3)c2S1. The molecule has 10 heteroatoms. The van der Waals surface area contributed by atoms with Crippen molar-refractivity contribution in [2.24, 2.45) is 11.8 Å². The van der Waals surface area contributed by atoms with Crippen molar-refractivity contribution in [3.8, 4) is 11.5 Å². The lowest BCUT2D eigenvalue weighted by Gasteiger charge is -2.27. The molecule has 39 heavy (non-hydrogen) atoms. The zero-order valence-electron chi connectivity index (χ0n) is 23.0. The average Bonchev–Trinajstić information content (AvgIpc) is 3.38. The standard InChI is InChI=1S/C29H37NO7S2/c1-17(2)36-28(32)24(30-3)29-38-25-22(35-16-18-6-10-20(33-4)11-7-18)14-15-23(26(25)39-29)37-27(31)19-8-12-21(34-5)13-9-19/h14-15,17-21H,6-13,16H2,1-2,4-5H3. The van der Waals surface area contributed by atoms with E-state index in [0.29, 0.717) is 39.3 Å². The van der Waals surface area contributed by atoms with E-state index in [4.69, 9.17) is 30.3 Å². The van der Waals surface area contributed by atoms with Gasteiger partial charge >= 0.3 is 11.9 Å². The molecule has 0 saturated heterocycles. The number of carbonyl (C=O) groups is 2. The molecule has 4 rings (SSSR count). The molecule has 0 unspecified atom stereocenters. The average molecular weight is 576 g/mol. The molecule has 0 atom stereocenters. The lowest BCUT2D eigenvalue weighted by Crippen LogP contribution is -2.28. The second-order valence-corrected chi connectivity index (χ2v) is 12.7. The first kappa shape index (κ1) is 29.8. The maximum absolute atomic E-state index is 13.1. The van der Waals surface area contributed by atoms with Gasteiger partial charge in [0.2, 0.25) is 0 Å². The number of fused-ring (bicyclic) bond motifs is 1. The third kappa shape index (κ3) is 7.51.